The van der Waals surface area contributed by atoms with Gasteiger partial charge >= 0.3 is 5.97 Å². The summed E-state index contributed by atoms with van der Waals surface area (Å²) < 4.78 is 48.4. The van der Waals surface area contributed by atoms with E-state index in [1.807, 2.05) is 0 Å². The molecule has 57 heavy (non-hydrogen) atoms. The van der Waals surface area contributed by atoms with Gasteiger partial charge in [-0.3, -0.25) is 0 Å². The van der Waals surface area contributed by atoms with Crippen molar-refractivity contribution in [3.63, 3.8) is 0 Å². The minimum atomic E-state index is -2.25. The van der Waals surface area contributed by atoms with E-state index in [1.165, 1.54) is 0 Å². The predicted octanol–water partition coefficient (Wildman–Crippen LogP) is -11.8. The van der Waals surface area contributed by atoms with Gasteiger partial charge in [-0.05, 0) is 0 Å². The van der Waals surface area contributed by atoms with Crippen molar-refractivity contribution in [1.82, 2.24) is 0 Å². The summed E-state index contributed by atoms with van der Waals surface area (Å²) in [5, 5.41) is 175. The van der Waals surface area contributed by atoms with E-state index in [-0.39, 0.29) is 0 Å². The monoisotopic (exact) mass is 842 g/mol. The lowest BCUT2D eigenvalue weighted by Gasteiger charge is -2.49. The fourth-order valence-electron chi connectivity index (χ4n) is 7.00. The van der Waals surface area contributed by atoms with Crippen molar-refractivity contribution in [3.05, 3.63) is 0 Å². The van der Waals surface area contributed by atoms with Crippen LogP contribution in [0.25, 0.3) is 0 Å². The van der Waals surface area contributed by atoms with Gasteiger partial charge in [0.1, 0.15) is 116 Å². The molecule has 5 aliphatic heterocycles. The number of carbonyl (C=O) groups is 1. The van der Waals surface area contributed by atoms with E-state index in [1.54, 1.807) is 0 Å². The first kappa shape index (κ1) is 46.5. The molecule has 27 heteroatoms. The van der Waals surface area contributed by atoms with Crippen LogP contribution < -0.4 is 0 Å². The van der Waals surface area contributed by atoms with Gasteiger partial charge < -0.3 is 129 Å². The van der Waals surface area contributed by atoms with Crippen molar-refractivity contribution in [2.24, 2.45) is 0 Å². The Bertz CT molecular complexity index is 1280. The highest BCUT2D eigenvalue weighted by molar-refractivity contribution is 5.73. The van der Waals surface area contributed by atoms with E-state index in [2.05, 4.69) is 0 Å². The number of aliphatic hydroxyl groups excluding tert-OH is 16. The Morgan fingerprint density at radius 1 is 0.368 bits per heavy atom. The first-order valence-electron chi connectivity index (χ1n) is 17.6. The number of hydrogen-bond donors (Lipinski definition) is 17. The smallest absolute Gasteiger partial charge is 0.335 e. The standard InChI is InChI=1S/C30H50O27/c31-1-5-9(35)10(36)16(42)27(50-5)56-23-14(40)19(45)30(57-24(23)25(46)47)55-22-8(4-34)52-29(18(44)13(22)39)54-21-7(3-33)51-28(17(43)12(21)38)53-20-6(2-32)49-26(48)15(41)11(20)37/h5-24,26-45,48H,1-4H2,(H,46,47)/t5?,6?,7?,8?,9-,10-,11+,12+,13+,14+,15?,16?,17?,18?,19?,20-,21+,22+,23-,24?,26-,27+,28+,29-,30+/m0/s1. The Balaban J connectivity index is 1.24. The van der Waals surface area contributed by atoms with Crippen LogP contribution >= 0.6 is 0 Å². The van der Waals surface area contributed by atoms with Crippen molar-refractivity contribution in [1.29, 1.82) is 0 Å². The number of aliphatic carboxylic acids is 1. The third-order valence-electron chi connectivity index (χ3n) is 10.3. The van der Waals surface area contributed by atoms with Crippen LogP contribution in [0.1, 0.15) is 0 Å². The van der Waals surface area contributed by atoms with Crippen LogP contribution in [0.15, 0.2) is 0 Å². The summed E-state index contributed by atoms with van der Waals surface area (Å²) in [7, 11) is 0. The zero-order chi connectivity index (χ0) is 42.2. The Hall–Kier alpha value is -1.53. The van der Waals surface area contributed by atoms with Crippen LogP contribution in [0, 0.1) is 0 Å². The van der Waals surface area contributed by atoms with E-state index < -0.39 is 186 Å². The molecule has 25 atom stereocenters. The second-order valence-electron chi connectivity index (χ2n) is 14.0. The molecule has 17 N–H and O–H groups in total. The van der Waals surface area contributed by atoms with Crippen LogP contribution in [-0.4, -0.2) is 273 Å². The van der Waals surface area contributed by atoms with Crippen molar-refractivity contribution in [2.45, 2.75) is 154 Å². The Labute approximate surface area is 320 Å². The summed E-state index contributed by atoms with van der Waals surface area (Å²) >= 11 is 0. The molecule has 5 heterocycles. The van der Waals surface area contributed by atoms with Crippen molar-refractivity contribution in [3.8, 4) is 0 Å². The number of carboxylic acids is 1. The molecule has 0 spiro atoms. The van der Waals surface area contributed by atoms with E-state index >= 15 is 0 Å². The molecule has 0 aromatic carbocycles. The number of ether oxygens (including phenoxy) is 9. The van der Waals surface area contributed by atoms with E-state index in [0.29, 0.717) is 0 Å². The minimum absolute atomic E-state index is 0.852. The minimum Gasteiger partial charge on any atom is -0.479 e. The molecular formula is C30H50O27. The number of carboxylic acid groups (broad SMARTS) is 1. The molecule has 5 fully saturated rings. The van der Waals surface area contributed by atoms with Gasteiger partial charge in [-0.25, -0.2) is 4.79 Å². The van der Waals surface area contributed by atoms with Gasteiger partial charge in [-0.2, -0.15) is 0 Å². The largest absolute Gasteiger partial charge is 0.479 e. The number of aliphatic hydroxyl groups is 16. The lowest BCUT2D eigenvalue weighted by atomic mass is 9.95. The molecule has 0 aromatic heterocycles. The lowest BCUT2D eigenvalue weighted by molar-refractivity contribution is -0.390. The van der Waals surface area contributed by atoms with Crippen LogP contribution in [0.2, 0.25) is 0 Å². The molecule has 5 rings (SSSR count). The Kier molecular flexibility index (Phi) is 15.9. The van der Waals surface area contributed by atoms with Crippen LogP contribution in [0.4, 0.5) is 0 Å². The molecule has 332 valence electrons. The summed E-state index contributed by atoms with van der Waals surface area (Å²) in [5.41, 5.74) is 0. The second kappa shape index (κ2) is 19.5. The predicted molar refractivity (Wildman–Crippen MR) is 167 cm³/mol. The van der Waals surface area contributed by atoms with Crippen LogP contribution in [0.5, 0.6) is 0 Å². The maximum absolute atomic E-state index is 12.2. The molecule has 5 aliphatic rings. The fourth-order valence-corrected chi connectivity index (χ4v) is 7.00. The third-order valence-corrected chi connectivity index (χ3v) is 10.3. The number of rotatable bonds is 13. The average molecular weight is 843 g/mol. The summed E-state index contributed by atoms with van der Waals surface area (Å²) in [6.07, 6.45) is -48.7. The molecule has 0 radical (unpaired) electrons. The summed E-state index contributed by atoms with van der Waals surface area (Å²) in [4.78, 5) is 12.2. The summed E-state index contributed by atoms with van der Waals surface area (Å²) in [5.74, 6) is -1.84. The Morgan fingerprint density at radius 2 is 0.684 bits per heavy atom. The van der Waals surface area contributed by atoms with Gasteiger partial charge in [0.25, 0.3) is 0 Å². The Morgan fingerprint density at radius 3 is 1.09 bits per heavy atom. The van der Waals surface area contributed by atoms with Gasteiger partial charge in [-0.1, -0.05) is 0 Å². The molecule has 0 bridgehead atoms. The first-order valence-corrected chi connectivity index (χ1v) is 17.6. The van der Waals surface area contributed by atoms with Gasteiger partial charge in [0.05, 0.1) is 26.4 Å². The maximum atomic E-state index is 12.2. The van der Waals surface area contributed by atoms with Gasteiger partial charge in [0, 0.05) is 0 Å². The third kappa shape index (κ3) is 9.38. The van der Waals surface area contributed by atoms with E-state index in [9.17, 15) is 91.6 Å². The molecular weight excluding hydrogens is 792 g/mol. The molecule has 10 unspecified atom stereocenters. The zero-order valence-corrected chi connectivity index (χ0v) is 29.4. The molecule has 27 nitrogen and oxygen atoms in total. The molecule has 0 aromatic rings. The highest BCUT2D eigenvalue weighted by atomic mass is 16.8. The molecule has 0 amide bonds. The fraction of sp³-hybridized carbons (Fsp3) is 0.967. The number of hydrogen-bond acceptors (Lipinski definition) is 26. The van der Waals surface area contributed by atoms with Crippen molar-refractivity contribution in [2.75, 3.05) is 26.4 Å². The van der Waals surface area contributed by atoms with Crippen LogP contribution in [0.3, 0.4) is 0 Å². The van der Waals surface area contributed by atoms with Crippen molar-refractivity contribution < 1.29 is 134 Å². The molecule has 0 saturated carbocycles. The SMILES string of the molecule is O=C(O)C1O[C@@H](O[C@@H]2C(CO)O[C@@H](O[C@@H]3C(CO)O[C@H](O[C@H]4C(CO)O[C@H](O)C(O)[C@H]4O)C(O)[C@H]3O)C(O)[C@H]2O)C(O)[C@@H](O)[C@@H]1O[C@H]1OC(CO)[C@H](O)[C@H](O)C1O. The normalized spacial score (nSPS) is 52.4. The van der Waals surface area contributed by atoms with E-state index in [0.717, 1.165) is 0 Å². The van der Waals surface area contributed by atoms with Crippen molar-refractivity contribution >= 4 is 5.97 Å². The molecule has 0 aliphatic carbocycles. The highest BCUT2D eigenvalue weighted by Gasteiger charge is 2.57. The quantitative estimate of drug-likeness (QED) is 0.0818. The van der Waals surface area contributed by atoms with Gasteiger partial charge in [-0.15, -0.1) is 0 Å². The summed E-state index contributed by atoms with van der Waals surface area (Å²) in [6.45, 7) is -3.76. The zero-order valence-electron chi connectivity index (χ0n) is 29.4. The van der Waals surface area contributed by atoms with Gasteiger partial charge in [0.2, 0.25) is 0 Å². The highest BCUT2D eigenvalue weighted by Crippen LogP contribution is 2.35. The lowest BCUT2D eigenvalue weighted by Crippen LogP contribution is -2.68. The molecule has 5 saturated heterocycles. The average Bonchev–Trinajstić information content (AvgIpc) is 3.19. The maximum Gasteiger partial charge on any atom is 0.335 e. The summed E-state index contributed by atoms with van der Waals surface area (Å²) in [6, 6.07) is 0. The van der Waals surface area contributed by atoms with Crippen LogP contribution in [-0.2, 0) is 47.4 Å². The topological polar surface area (TPSA) is 444 Å². The van der Waals surface area contributed by atoms with Gasteiger partial charge in [0.15, 0.2) is 37.6 Å². The van der Waals surface area contributed by atoms with E-state index in [4.69, 9.17) is 42.6 Å². The second-order valence-corrected chi connectivity index (χ2v) is 14.0. The first-order chi connectivity index (χ1) is 26.9.